The predicted molar refractivity (Wildman–Crippen MR) is 90.8 cm³/mol. The van der Waals surface area contributed by atoms with Gasteiger partial charge >= 0.3 is 5.69 Å². The highest BCUT2D eigenvalue weighted by atomic mass is 35.5. The Kier molecular flexibility index (Phi) is 4.54. The van der Waals surface area contributed by atoms with E-state index in [1.807, 2.05) is 0 Å². The lowest BCUT2D eigenvalue weighted by Crippen LogP contribution is -2.36. The van der Waals surface area contributed by atoms with E-state index in [2.05, 4.69) is 14.9 Å². The summed E-state index contributed by atoms with van der Waals surface area (Å²) in [6.45, 7) is 3.94. The SMILES string of the molecule is Cc1cc(S(=O)(=O)NC2CCc3n[nH]c(=O)n3CC2)c(C)cc1Cl. The van der Waals surface area contributed by atoms with Gasteiger partial charge in [0, 0.05) is 24.0 Å². The molecule has 3 rings (SSSR count). The van der Waals surface area contributed by atoms with Gasteiger partial charge in [-0.05, 0) is 49.9 Å². The molecule has 2 heterocycles. The first kappa shape index (κ1) is 17.2. The van der Waals surface area contributed by atoms with Crippen molar-refractivity contribution in [3.8, 4) is 0 Å². The number of hydrogen-bond acceptors (Lipinski definition) is 4. The lowest BCUT2D eigenvalue weighted by Gasteiger charge is -2.18. The van der Waals surface area contributed by atoms with E-state index in [-0.39, 0.29) is 16.6 Å². The van der Waals surface area contributed by atoms with Crippen molar-refractivity contribution in [2.45, 2.75) is 50.6 Å². The minimum Gasteiger partial charge on any atom is -0.279 e. The number of aryl methyl sites for hydroxylation is 3. The summed E-state index contributed by atoms with van der Waals surface area (Å²) >= 11 is 6.05. The fourth-order valence-corrected chi connectivity index (χ4v) is 4.78. The third-order valence-electron chi connectivity index (χ3n) is 4.32. The first-order chi connectivity index (χ1) is 11.3. The summed E-state index contributed by atoms with van der Waals surface area (Å²) in [5.41, 5.74) is 1.07. The Morgan fingerprint density at radius 1 is 1.29 bits per heavy atom. The van der Waals surface area contributed by atoms with Gasteiger partial charge in [-0.2, -0.15) is 5.10 Å². The van der Waals surface area contributed by atoms with E-state index in [4.69, 9.17) is 11.6 Å². The summed E-state index contributed by atoms with van der Waals surface area (Å²) in [6.07, 6.45) is 1.68. The molecule has 2 N–H and O–H groups in total. The van der Waals surface area contributed by atoms with Crippen LogP contribution in [0.4, 0.5) is 0 Å². The van der Waals surface area contributed by atoms with E-state index in [9.17, 15) is 13.2 Å². The van der Waals surface area contributed by atoms with E-state index in [0.717, 1.165) is 5.56 Å². The van der Waals surface area contributed by atoms with Crippen LogP contribution >= 0.6 is 11.6 Å². The number of aromatic amines is 1. The van der Waals surface area contributed by atoms with Crippen LogP contribution in [0.15, 0.2) is 21.8 Å². The molecule has 0 aliphatic carbocycles. The monoisotopic (exact) mass is 370 g/mol. The van der Waals surface area contributed by atoms with Crippen LogP contribution in [0.25, 0.3) is 0 Å². The zero-order chi connectivity index (χ0) is 17.5. The van der Waals surface area contributed by atoms with E-state index < -0.39 is 10.0 Å². The van der Waals surface area contributed by atoms with Crippen LogP contribution in [0.3, 0.4) is 0 Å². The number of H-pyrrole nitrogens is 1. The van der Waals surface area contributed by atoms with E-state index in [0.29, 0.717) is 42.2 Å². The first-order valence-electron chi connectivity index (χ1n) is 7.71. The molecule has 0 fully saturated rings. The quantitative estimate of drug-likeness (QED) is 0.856. The van der Waals surface area contributed by atoms with Gasteiger partial charge in [-0.1, -0.05) is 11.6 Å². The number of halogens is 1. The standard InChI is InChI=1S/C15H19ClN4O3S/c1-9-8-13(10(2)7-12(9)16)24(22,23)19-11-3-4-14-17-18-15(21)20(14)6-5-11/h7-8,11,19H,3-6H2,1-2H3,(H,18,21). The molecule has 9 heteroatoms. The van der Waals surface area contributed by atoms with Crippen LogP contribution < -0.4 is 10.4 Å². The molecular weight excluding hydrogens is 352 g/mol. The number of benzene rings is 1. The Labute approximate surface area is 145 Å². The molecule has 1 aliphatic rings. The van der Waals surface area contributed by atoms with Crippen molar-refractivity contribution in [2.24, 2.45) is 0 Å². The second-order valence-corrected chi connectivity index (χ2v) is 8.20. The van der Waals surface area contributed by atoms with Crippen molar-refractivity contribution < 1.29 is 8.42 Å². The average molecular weight is 371 g/mol. The van der Waals surface area contributed by atoms with Crippen molar-refractivity contribution in [2.75, 3.05) is 0 Å². The molecule has 1 atom stereocenters. The van der Waals surface area contributed by atoms with Gasteiger partial charge in [0.25, 0.3) is 0 Å². The summed E-state index contributed by atoms with van der Waals surface area (Å²) in [5.74, 6) is 0.667. The first-order valence-corrected chi connectivity index (χ1v) is 9.57. The van der Waals surface area contributed by atoms with Gasteiger partial charge in [-0.15, -0.1) is 0 Å². The molecular formula is C15H19ClN4O3S. The number of nitrogens with one attached hydrogen (secondary N) is 2. The van der Waals surface area contributed by atoms with Crippen LogP contribution in [0.5, 0.6) is 0 Å². The Hall–Kier alpha value is -1.64. The maximum absolute atomic E-state index is 12.7. The molecule has 7 nitrogen and oxygen atoms in total. The van der Waals surface area contributed by atoms with Gasteiger partial charge in [-0.3, -0.25) is 4.57 Å². The topological polar surface area (TPSA) is 96.8 Å². The van der Waals surface area contributed by atoms with Crippen LogP contribution in [0.2, 0.25) is 5.02 Å². The summed E-state index contributed by atoms with van der Waals surface area (Å²) in [4.78, 5) is 11.9. The molecule has 2 aromatic rings. The number of fused-ring (bicyclic) bond motifs is 1. The lowest BCUT2D eigenvalue weighted by molar-refractivity contribution is 0.493. The second kappa shape index (κ2) is 6.34. The molecule has 24 heavy (non-hydrogen) atoms. The minimum absolute atomic E-state index is 0.240. The molecule has 1 aromatic heterocycles. The maximum Gasteiger partial charge on any atom is 0.343 e. The number of rotatable bonds is 3. The predicted octanol–water partition coefficient (Wildman–Crippen LogP) is 1.53. The maximum atomic E-state index is 12.7. The van der Waals surface area contributed by atoms with Gasteiger partial charge in [0.15, 0.2) is 0 Å². The molecule has 0 spiro atoms. The Bertz CT molecular complexity index is 933. The fourth-order valence-electron chi connectivity index (χ4n) is 2.95. The van der Waals surface area contributed by atoms with Crippen molar-refractivity contribution in [3.05, 3.63) is 44.6 Å². The molecule has 130 valence electrons. The largest absolute Gasteiger partial charge is 0.343 e. The second-order valence-electron chi connectivity index (χ2n) is 6.11. The Balaban J connectivity index is 1.81. The molecule has 0 amide bonds. The molecule has 1 aliphatic heterocycles. The molecule has 0 bridgehead atoms. The summed E-state index contributed by atoms with van der Waals surface area (Å²) in [7, 11) is -3.65. The van der Waals surface area contributed by atoms with Gasteiger partial charge in [0.2, 0.25) is 10.0 Å². The third kappa shape index (κ3) is 3.26. The number of nitrogens with zero attached hydrogens (tertiary/aromatic N) is 2. The van der Waals surface area contributed by atoms with Gasteiger partial charge in [-0.25, -0.2) is 23.0 Å². The van der Waals surface area contributed by atoms with Crippen molar-refractivity contribution in [1.29, 1.82) is 0 Å². The molecule has 1 unspecified atom stereocenters. The normalized spacial score (nSPS) is 18.2. The molecule has 1 aromatic carbocycles. The number of hydrogen-bond donors (Lipinski definition) is 2. The zero-order valence-corrected chi connectivity index (χ0v) is 15.0. The summed E-state index contributed by atoms with van der Waals surface area (Å²) in [6, 6.07) is 3.01. The molecule has 0 saturated heterocycles. The lowest BCUT2D eigenvalue weighted by atomic mass is 10.1. The van der Waals surface area contributed by atoms with Crippen molar-refractivity contribution >= 4 is 21.6 Å². The summed E-state index contributed by atoms with van der Waals surface area (Å²) < 4.78 is 29.8. The van der Waals surface area contributed by atoms with E-state index in [1.165, 1.54) is 0 Å². The van der Waals surface area contributed by atoms with E-state index in [1.54, 1.807) is 30.5 Å². The average Bonchev–Trinajstić information content (AvgIpc) is 2.73. The highest BCUT2D eigenvalue weighted by Gasteiger charge is 2.25. The van der Waals surface area contributed by atoms with Gasteiger partial charge in [0.1, 0.15) is 5.82 Å². The highest BCUT2D eigenvalue weighted by molar-refractivity contribution is 7.89. The van der Waals surface area contributed by atoms with E-state index >= 15 is 0 Å². The molecule has 0 radical (unpaired) electrons. The number of sulfonamides is 1. The van der Waals surface area contributed by atoms with Crippen molar-refractivity contribution in [1.82, 2.24) is 19.5 Å². The number of aromatic nitrogens is 3. The summed E-state index contributed by atoms with van der Waals surface area (Å²) in [5, 5.41) is 6.94. The fraction of sp³-hybridized carbons (Fsp3) is 0.467. The van der Waals surface area contributed by atoms with Crippen LogP contribution in [-0.2, 0) is 23.0 Å². The Morgan fingerprint density at radius 2 is 2.04 bits per heavy atom. The van der Waals surface area contributed by atoms with Gasteiger partial charge < -0.3 is 0 Å². The smallest absolute Gasteiger partial charge is 0.279 e. The van der Waals surface area contributed by atoms with Crippen molar-refractivity contribution in [3.63, 3.8) is 0 Å². The molecule has 0 saturated carbocycles. The van der Waals surface area contributed by atoms with Crippen LogP contribution in [0, 0.1) is 13.8 Å². The minimum atomic E-state index is -3.65. The van der Waals surface area contributed by atoms with Crippen LogP contribution in [-0.4, -0.2) is 29.2 Å². The highest BCUT2D eigenvalue weighted by Crippen LogP contribution is 2.24. The Morgan fingerprint density at radius 3 is 2.79 bits per heavy atom. The zero-order valence-electron chi connectivity index (χ0n) is 13.5. The third-order valence-corrected chi connectivity index (χ3v) is 6.39. The van der Waals surface area contributed by atoms with Crippen LogP contribution in [0.1, 0.15) is 29.8 Å². The van der Waals surface area contributed by atoms with Gasteiger partial charge in [0.05, 0.1) is 4.90 Å².